The normalized spacial score (nSPS) is 10.5. The third-order valence-corrected chi connectivity index (χ3v) is 4.14. The van der Waals surface area contributed by atoms with Crippen LogP contribution in [0.1, 0.15) is 10.5 Å². The van der Waals surface area contributed by atoms with Gasteiger partial charge in [-0.25, -0.2) is 4.39 Å². The minimum absolute atomic E-state index is 0.0194. The number of nitrogens with one attached hydrogen (secondary N) is 1. The number of methoxy groups -OCH3 is 1. The lowest BCUT2D eigenvalue weighted by molar-refractivity contribution is 0.101. The zero-order chi connectivity index (χ0) is 19.6. The molecule has 6 nitrogen and oxygen atoms in total. The Labute approximate surface area is 163 Å². The fourth-order valence-electron chi connectivity index (χ4n) is 2.30. The topological polar surface area (TPSA) is 73.2 Å². The van der Waals surface area contributed by atoms with Crippen molar-refractivity contribution in [3.05, 3.63) is 80.4 Å². The summed E-state index contributed by atoms with van der Waals surface area (Å²) < 4.78 is 19.2. The quantitative estimate of drug-likeness (QED) is 0.710. The highest BCUT2D eigenvalue weighted by Crippen LogP contribution is 2.26. The van der Waals surface area contributed by atoms with Crippen LogP contribution in [0.15, 0.2) is 53.3 Å². The highest BCUT2D eigenvalue weighted by atomic mass is 35.5. The van der Waals surface area contributed by atoms with E-state index < -0.39 is 17.3 Å². The molecular formula is C18H12Cl2FN3O3. The summed E-state index contributed by atoms with van der Waals surface area (Å²) in [6.07, 6.45) is 0. The molecule has 0 aliphatic rings. The summed E-state index contributed by atoms with van der Waals surface area (Å²) in [7, 11) is 1.31. The molecule has 3 aromatic rings. The van der Waals surface area contributed by atoms with Crippen LogP contribution in [0.3, 0.4) is 0 Å². The Kier molecular flexibility index (Phi) is 5.43. The highest BCUT2D eigenvalue weighted by Gasteiger charge is 2.19. The van der Waals surface area contributed by atoms with Crippen molar-refractivity contribution in [2.75, 3.05) is 12.4 Å². The largest absolute Gasteiger partial charge is 0.494 e. The molecule has 0 bridgehead atoms. The average molecular weight is 408 g/mol. The van der Waals surface area contributed by atoms with Gasteiger partial charge in [0.05, 0.1) is 29.6 Å². The third kappa shape index (κ3) is 4.10. The molecule has 0 atom stereocenters. The van der Waals surface area contributed by atoms with E-state index in [0.717, 1.165) is 10.7 Å². The summed E-state index contributed by atoms with van der Waals surface area (Å²) in [5, 5.41) is 7.29. The predicted molar refractivity (Wildman–Crippen MR) is 101 cm³/mol. The van der Waals surface area contributed by atoms with Gasteiger partial charge < -0.3 is 10.1 Å². The Hall–Kier alpha value is -2.90. The van der Waals surface area contributed by atoms with Crippen molar-refractivity contribution in [1.29, 1.82) is 0 Å². The first kappa shape index (κ1) is 18.9. The Morgan fingerprint density at radius 3 is 2.52 bits per heavy atom. The van der Waals surface area contributed by atoms with E-state index >= 15 is 0 Å². The number of benzene rings is 2. The van der Waals surface area contributed by atoms with Gasteiger partial charge in [0.1, 0.15) is 5.82 Å². The first-order chi connectivity index (χ1) is 12.9. The standard InChI is InChI=1S/C18H12Cl2FN3O3/c1-27-15-9-16(25)24(12-5-3-11(21)4-6-12)23-17(15)18(26)22-14-8-10(19)2-7-13(14)20/h2-9H,1H3,(H,22,26). The van der Waals surface area contributed by atoms with Gasteiger partial charge in [-0.05, 0) is 42.5 Å². The van der Waals surface area contributed by atoms with Gasteiger partial charge in [-0.15, -0.1) is 0 Å². The molecule has 1 amide bonds. The van der Waals surface area contributed by atoms with Crippen LogP contribution in [0.4, 0.5) is 10.1 Å². The molecule has 1 aromatic heterocycles. The molecule has 2 aromatic carbocycles. The minimum atomic E-state index is -0.660. The number of ether oxygens (including phenoxy) is 1. The van der Waals surface area contributed by atoms with Crippen molar-refractivity contribution in [2.45, 2.75) is 0 Å². The molecule has 0 saturated carbocycles. The Bertz CT molecular complexity index is 1070. The maximum absolute atomic E-state index is 13.1. The molecule has 0 aliphatic heterocycles. The number of hydrogen-bond acceptors (Lipinski definition) is 4. The van der Waals surface area contributed by atoms with E-state index in [9.17, 15) is 14.0 Å². The molecule has 0 fully saturated rings. The van der Waals surface area contributed by atoms with Gasteiger partial charge in [0.15, 0.2) is 11.4 Å². The van der Waals surface area contributed by atoms with Crippen LogP contribution in [0.25, 0.3) is 5.69 Å². The third-order valence-electron chi connectivity index (χ3n) is 3.58. The summed E-state index contributed by atoms with van der Waals surface area (Å²) in [4.78, 5) is 24.9. The number of rotatable bonds is 4. The van der Waals surface area contributed by atoms with Crippen LogP contribution in [0, 0.1) is 5.82 Å². The SMILES string of the molecule is COc1cc(=O)n(-c2ccc(F)cc2)nc1C(=O)Nc1cc(Cl)ccc1Cl. The van der Waals surface area contributed by atoms with Gasteiger partial charge in [-0.2, -0.15) is 9.78 Å². The van der Waals surface area contributed by atoms with E-state index in [-0.39, 0.29) is 22.2 Å². The molecule has 0 spiro atoms. The van der Waals surface area contributed by atoms with Crippen molar-refractivity contribution < 1.29 is 13.9 Å². The minimum Gasteiger partial charge on any atom is -0.494 e. The van der Waals surface area contributed by atoms with Crippen LogP contribution in [0.5, 0.6) is 5.75 Å². The maximum atomic E-state index is 13.1. The number of amides is 1. The Balaban J connectivity index is 2.04. The van der Waals surface area contributed by atoms with E-state index in [1.165, 1.54) is 43.5 Å². The molecule has 1 N–H and O–H groups in total. The van der Waals surface area contributed by atoms with Crippen LogP contribution in [-0.4, -0.2) is 22.8 Å². The summed E-state index contributed by atoms with van der Waals surface area (Å²) in [6.45, 7) is 0. The summed E-state index contributed by atoms with van der Waals surface area (Å²) in [6, 6.07) is 10.8. The van der Waals surface area contributed by atoms with E-state index in [4.69, 9.17) is 27.9 Å². The van der Waals surface area contributed by atoms with E-state index in [1.807, 2.05) is 0 Å². The zero-order valence-corrected chi connectivity index (χ0v) is 15.4. The lowest BCUT2D eigenvalue weighted by Crippen LogP contribution is -2.26. The van der Waals surface area contributed by atoms with Gasteiger partial charge in [0.25, 0.3) is 11.5 Å². The van der Waals surface area contributed by atoms with Gasteiger partial charge in [0, 0.05) is 5.02 Å². The molecular weight excluding hydrogens is 396 g/mol. The first-order valence-corrected chi connectivity index (χ1v) is 8.35. The number of halogens is 3. The van der Waals surface area contributed by atoms with Gasteiger partial charge in [-0.1, -0.05) is 23.2 Å². The number of hydrogen-bond donors (Lipinski definition) is 1. The Morgan fingerprint density at radius 2 is 1.85 bits per heavy atom. The van der Waals surface area contributed by atoms with Crippen molar-refractivity contribution in [2.24, 2.45) is 0 Å². The summed E-state index contributed by atoms with van der Waals surface area (Å²) in [5.74, 6) is -1.14. The zero-order valence-electron chi connectivity index (χ0n) is 13.9. The molecule has 138 valence electrons. The first-order valence-electron chi connectivity index (χ1n) is 7.60. The molecule has 9 heteroatoms. The van der Waals surface area contributed by atoms with Crippen molar-refractivity contribution in [3.63, 3.8) is 0 Å². The summed E-state index contributed by atoms with van der Waals surface area (Å²) >= 11 is 12.0. The van der Waals surface area contributed by atoms with Crippen LogP contribution in [-0.2, 0) is 0 Å². The molecule has 0 radical (unpaired) electrons. The fourth-order valence-corrected chi connectivity index (χ4v) is 2.63. The van der Waals surface area contributed by atoms with E-state index in [0.29, 0.717) is 10.7 Å². The molecule has 27 heavy (non-hydrogen) atoms. The Morgan fingerprint density at radius 1 is 1.15 bits per heavy atom. The van der Waals surface area contributed by atoms with E-state index in [2.05, 4.69) is 10.4 Å². The van der Waals surface area contributed by atoms with Crippen molar-refractivity contribution >= 4 is 34.8 Å². The van der Waals surface area contributed by atoms with Crippen LogP contribution < -0.4 is 15.6 Å². The molecule has 0 unspecified atom stereocenters. The molecule has 1 heterocycles. The van der Waals surface area contributed by atoms with Crippen molar-refractivity contribution in [3.8, 4) is 11.4 Å². The molecule has 0 saturated heterocycles. The second kappa shape index (κ2) is 7.77. The smallest absolute Gasteiger partial charge is 0.280 e. The van der Waals surface area contributed by atoms with Gasteiger partial charge in [-0.3, -0.25) is 9.59 Å². The van der Waals surface area contributed by atoms with Crippen molar-refractivity contribution in [1.82, 2.24) is 9.78 Å². The lowest BCUT2D eigenvalue weighted by atomic mass is 10.2. The maximum Gasteiger partial charge on any atom is 0.280 e. The number of carbonyl (C=O) groups is 1. The second-order valence-electron chi connectivity index (χ2n) is 5.37. The fraction of sp³-hybridized carbons (Fsp3) is 0.0556. The average Bonchev–Trinajstić information content (AvgIpc) is 2.65. The second-order valence-corrected chi connectivity index (χ2v) is 6.21. The van der Waals surface area contributed by atoms with Gasteiger partial charge in [0.2, 0.25) is 0 Å². The predicted octanol–water partition coefficient (Wildman–Crippen LogP) is 3.94. The van der Waals surface area contributed by atoms with Gasteiger partial charge >= 0.3 is 0 Å². The molecule has 0 aliphatic carbocycles. The van der Waals surface area contributed by atoms with Crippen LogP contribution >= 0.6 is 23.2 Å². The molecule has 3 rings (SSSR count). The number of aromatic nitrogens is 2. The lowest BCUT2D eigenvalue weighted by Gasteiger charge is -2.12. The van der Waals surface area contributed by atoms with E-state index in [1.54, 1.807) is 6.07 Å². The monoisotopic (exact) mass is 407 g/mol. The number of anilines is 1. The highest BCUT2D eigenvalue weighted by molar-refractivity contribution is 6.35. The number of carbonyl (C=O) groups excluding carboxylic acids is 1. The van der Waals surface area contributed by atoms with Crippen LogP contribution in [0.2, 0.25) is 10.0 Å². The summed E-state index contributed by atoms with van der Waals surface area (Å²) in [5.41, 5.74) is -0.135. The number of nitrogens with zero attached hydrogens (tertiary/aromatic N) is 2.